The largest absolute Gasteiger partial charge is 0.296 e. The molecule has 0 saturated heterocycles. The fraction of sp³-hybridized carbons (Fsp3) is 0.263. The number of Topliss-reactive ketones (excluding diaryl/α,β-unsaturated/α-hetero) is 1. The third-order valence-electron chi connectivity index (χ3n) is 4.49. The van der Waals surface area contributed by atoms with Crippen LogP contribution in [-0.4, -0.2) is 10.8 Å². The van der Waals surface area contributed by atoms with Gasteiger partial charge in [0.15, 0.2) is 11.5 Å². The van der Waals surface area contributed by atoms with E-state index in [0.29, 0.717) is 17.7 Å². The zero-order valence-corrected chi connectivity index (χ0v) is 14.8. The first-order valence-corrected chi connectivity index (χ1v) is 8.58. The fourth-order valence-corrected chi connectivity index (χ4v) is 3.68. The van der Waals surface area contributed by atoms with Crippen molar-refractivity contribution in [3.8, 4) is 0 Å². The van der Waals surface area contributed by atoms with Crippen LogP contribution in [0.1, 0.15) is 36.1 Å². The van der Waals surface area contributed by atoms with E-state index >= 15 is 4.39 Å². The number of hydrogen-bond acceptors (Lipinski definition) is 2. The van der Waals surface area contributed by atoms with E-state index in [-0.39, 0.29) is 40.4 Å². The second-order valence-electron chi connectivity index (χ2n) is 6.08. The van der Waals surface area contributed by atoms with Gasteiger partial charge in [-0.3, -0.25) is 9.78 Å². The lowest BCUT2D eigenvalue weighted by molar-refractivity contribution is -0.131. The topological polar surface area (TPSA) is 30.0 Å². The molecule has 0 N–H and O–H groups in total. The quantitative estimate of drug-likeness (QED) is 0.679. The molecule has 1 heterocycles. The SMILES string of the molecule is C=C1CC[C@@](F)(C(=O)CCc2c(F)cc(Cl)cc2Cl)c2cccnc21. The summed E-state index contributed by atoms with van der Waals surface area (Å²) < 4.78 is 29.5. The van der Waals surface area contributed by atoms with E-state index in [0.717, 1.165) is 6.07 Å². The molecule has 0 saturated carbocycles. The predicted molar refractivity (Wildman–Crippen MR) is 95.0 cm³/mol. The molecular formula is C19H15Cl2F2NO. The van der Waals surface area contributed by atoms with E-state index in [9.17, 15) is 9.18 Å². The third-order valence-corrected chi connectivity index (χ3v) is 5.05. The number of nitrogens with zero attached hydrogens (tertiary/aromatic N) is 1. The van der Waals surface area contributed by atoms with Gasteiger partial charge in [-0.15, -0.1) is 0 Å². The van der Waals surface area contributed by atoms with E-state index in [1.807, 2.05) is 0 Å². The normalized spacial score (nSPS) is 19.6. The Balaban J connectivity index is 1.85. The standard InChI is InChI=1S/C19H15Cl2F2NO/c1-11-6-7-19(23,14-3-2-8-24-18(11)14)17(25)5-4-13-15(21)9-12(20)10-16(13)22/h2-3,8-10H,1,4-7H2/t19-/m0/s1. The number of halogens is 4. The molecule has 0 aliphatic heterocycles. The van der Waals surface area contributed by atoms with E-state index in [1.165, 1.54) is 6.07 Å². The van der Waals surface area contributed by atoms with Gasteiger partial charge in [-0.2, -0.15) is 0 Å². The molecule has 1 aliphatic rings. The Hall–Kier alpha value is -1.78. The number of benzene rings is 1. The second kappa shape index (κ2) is 6.85. The lowest BCUT2D eigenvalue weighted by atomic mass is 9.77. The van der Waals surface area contributed by atoms with Gasteiger partial charge in [0.25, 0.3) is 0 Å². The lowest BCUT2D eigenvalue weighted by Crippen LogP contribution is -2.35. The summed E-state index contributed by atoms with van der Waals surface area (Å²) in [6.07, 6.45) is 1.74. The maximum Gasteiger partial charge on any atom is 0.196 e. The molecule has 1 aliphatic carbocycles. The Morgan fingerprint density at radius 1 is 1.36 bits per heavy atom. The van der Waals surface area contributed by atoms with Crippen molar-refractivity contribution in [2.75, 3.05) is 0 Å². The van der Waals surface area contributed by atoms with Crippen LogP contribution in [0.2, 0.25) is 10.0 Å². The maximum atomic E-state index is 15.5. The fourth-order valence-electron chi connectivity index (χ4n) is 3.12. The molecule has 0 spiro atoms. The van der Waals surface area contributed by atoms with Crippen molar-refractivity contribution in [2.24, 2.45) is 0 Å². The Morgan fingerprint density at radius 2 is 2.12 bits per heavy atom. The van der Waals surface area contributed by atoms with Crippen LogP contribution >= 0.6 is 23.2 Å². The third kappa shape index (κ3) is 3.33. The van der Waals surface area contributed by atoms with Crippen molar-refractivity contribution in [1.29, 1.82) is 0 Å². The molecule has 0 bridgehead atoms. The summed E-state index contributed by atoms with van der Waals surface area (Å²) in [7, 11) is 0. The molecule has 0 fully saturated rings. The van der Waals surface area contributed by atoms with Crippen LogP contribution in [0.5, 0.6) is 0 Å². The highest BCUT2D eigenvalue weighted by Gasteiger charge is 2.44. The highest BCUT2D eigenvalue weighted by molar-refractivity contribution is 6.35. The van der Waals surface area contributed by atoms with Crippen LogP contribution in [0.4, 0.5) is 8.78 Å². The molecule has 1 aromatic heterocycles. The summed E-state index contributed by atoms with van der Waals surface area (Å²) in [4.78, 5) is 16.8. The number of ketones is 1. The van der Waals surface area contributed by atoms with Gasteiger partial charge in [-0.1, -0.05) is 35.8 Å². The van der Waals surface area contributed by atoms with E-state index < -0.39 is 17.3 Å². The van der Waals surface area contributed by atoms with Gasteiger partial charge in [0, 0.05) is 33.8 Å². The first-order chi connectivity index (χ1) is 11.8. The number of fused-ring (bicyclic) bond motifs is 1. The monoisotopic (exact) mass is 381 g/mol. The maximum absolute atomic E-state index is 15.5. The van der Waals surface area contributed by atoms with Crippen molar-refractivity contribution in [2.45, 2.75) is 31.4 Å². The summed E-state index contributed by atoms with van der Waals surface area (Å²) in [5.41, 5.74) is -0.600. The summed E-state index contributed by atoms with van der Waals surface area (Å²) in [5, 5.41) is 0.301. The first-order valence-electron chi connectivity index (χ1n) is 7.82. The second-order valence-corrected chi connectivity index (χ2v) is 6.92. The van der Waals surface area contributed by atoms with Gasteiger partial charge in [-0.25, -0.2) is 8.78 Å². The molecule has 2 nitrogen and oxygen atoms in total. The van der Waals surface area contributed by atoms with Gasteiger partial charge in [0.05, 0.1) is 5.69 Å². The van der Waals surface area contributed by atoms with Crippen LogP contribution in [-0.2, 0) is 16.9 Å². The first kappa shape index (κ1) is 18.0. The molecule has 2 aromatic rings. The average molecular weight is 382 g/mol. The number of pyridine rings is 1. The van der Waals surface area contributed by atoms with Gasteiger partial charge in [0.1, 0.15) is 5.82 Å². The van der Waals surface area contributed by atoms with Crippen LogP contribution < -0.4 is 0 Å². The van der Waals surface area contributed by atoms with Crippen molar-refractivity contribution < 1.29 is 13.6 Å². The summed E-state index contributed by atoms with van der Waals surface area (Å²) in [5.74, 6) is -1.21. The minimum absolute atomic E-state index is 0.00286. The number of rotatable bonds is 4. The minimum Gasteiger partial charge on any atom is -0.296 e. The van der Waals surface area contributed by atoms with Gasteiger partial charge in [0.2, 0.25) is 0 Å². The number of hydrogen-bond donors (Lipinski definition) is 0. The van der Waals surface area contributed by atoms with Crippen molar-refractivity contribution in [1.82, 2.24) is 4.98 Å². The van der Waals surface area contributed by atoms with Crippen LogP contribution in [0.25, 0.3) is 5.57 Å². The predicted octanol–water partition coefficient (Wildman–Crippen LogP) is 5.70. The zero-order valence-electron chi connectivity index (χ0n) is 13.3. The Kier molecular flexibility index (Phi) is 4.94. The smallest absolute Gasteiger partial charge is 0.196 e. The zero-order chi connectivity index (χ0) is 18.2. The molecule has 130 valence electrons. The van der Waals surface area contributed by atoms with E-state index in [2.05, 4.69) is 11.6 Å². The highest BCUT2D eigenvalue weighted by Crippen LogP contribution is 2.43. The highest BCUT2D eigenvalue weighted by atomic mass is 35.5. The Morgan fingerprint density at radius 3 is 2.84 bits per heavy atom. The summed E-state index contributed by atoms with van der Waals surface area (Å²) in [6, 6.07) is 5.68. The van der Waals surface area contributed by atoms with E-state index in [1.54, 1.807) is 18.3 Å². The van der Waals surface area contributed by atoms with Gasteiger partial charge in [-0.05, 0) is 43.0 Å². The number of aromatic nitrogens is 1. The number of carbonyl (C=O) groups excluding carboxylic acids is 1. The summed E-state index contributed by atoms with van der Waals surface area (Å²) >= 11 is 11.7. The van der Waals surface area contributed by atoms with Crippen molar-refractivity contribution >= 4 is 34.6 Å². The Bertz CT molecular complexity index is 845. The molecule has 25 heavy (non-hydrogen) atoms. The molecule has 0 radical (unpaired) electrons. The minimum atomic E-state index is -2.14. The summed E-state index contributed by atoms with van der Waals surface area (Å²) in [6.45, 7) is 3.89. The molecular weight excluding hydrogens is 367 g/mol. The van der Waals surface area contributed by atoms with E-state index in [4.69, 9.17) is 23.2 Å². The molecule has 0 unspecified atom stereocenters. The van der Waals surface area contributed by atoms with Crippen LogP contribution in [0.15, 0.2) is 37.0 Å². The average Bonchev–Trinajstić information content (AvgIpc) is 2.57. The number of carbonyl (C=O) groups is 1. The molecule has 6 heteroatoms. The van der Waals surface area contributed by atoms with Crippen LogP contribution in [0, 0.1) is 5.82 Å². The lowest BCUT2D eigenvalue weighted by Gasteiger charge is -2.31. The molecule has 0 amide bonds. The van der Waals surface area contributed by atoms with Crippen molar-refractivity contribution in [3.63, 3.8) is 0 Å². The van der Waals surface area contributed by atoms with Gasteiger partial charge < -0.3 is 0 Å². The molecule has 3 rings (SSSR count). The molecule has 1 aromatic carbocycles. The molecule has 1 atom stereocenters. The Labute approximate surface area is 154 Å². The van der Waals surface area contributed by atoms with Gasteiger partial charge >= 0.3 is 0 Å². The number of allylic oxidation sites excluding steroid dienone is 1. The van der Waals surface area contributed by atoms with Crippen molar-refractivity contribution in [3.05, 3.63) is 69.7 Å². The van der Waals surface area contributed by atoms with Crippen LogP contribution in [0.3, 0.4) is 0 Å². The number of alkyl halides is 1.